The third kappa shape index (κ3) is 6.13. The van der Waals surface area contributed by atoms with Gasteiger partial charge < -0.3 is 10.1 Å². The van der Waals surface area contributed by atoms with Crippen LogP contribution < -0.4 is 15.5 Å². The Kier molecular flexibility index (Phi) is 8.16. The van der Waals surface area contributed by atoms with E-state index in [2.05, 4.69) is 85.1 Å². The Morgan fingerprint density at radius 1 is 1.09 bits per heavy atom. The molecule has 4 rings (SSSR count). The van der Waals surface area contributed by atoms with Gasteiger partial charge in [-0.1, -0.05) is 29.8 Å². The van der Waals surface area contributed by atoms with Gasteiger partial charge in [-0.15, -0.1) is 11.3 Å². The molecule has 34 heavy (non-hydrogen) atoms. The largest absolute Gasteiger partial charge is 0.495 e. The fourth-order valence-corrected chi connectivity index (χ4v) is 5.98. The summed E-state index contributed by atoms with van der Waals surface area (Å²) >= 11 is 5.99. The van der Waals surface area contributed by atoms with Crippen LogP contribution in [0.1, 0.15) is 21.5 Å². The van der Waals surface area contributed by atoms with E-state index in [4.69, 9.17) is 4.74 Å². The summed E-state index contributed by atoms with van der Waals surface area (Å²) in [4.78, 5) is 17.2. The van der Waals surface area contributed by atoms with E-state index < -0.39 is 0 Å². The number of amides is 1. The van der Waals surface area contributed by atoms with Crippen molar-refractivity contribution < 1.29 is 9.53 Å². The number of halogens is 2. The summed E-state index contributed by atoms with van der Waals surface area (Å²) in [5, 5.41) is 10.2. The smallest absolute Gasteiger partial charge is 0.271 e. The van der Waals surface area contributed by atoms with E-state index in [0.29, 0.717) is 5.56 Å². The van der Waals surface area contributed by atoms with E-state index in [1.54, 1.807) is 25.5 Å². The summed E-state index contributed by atoms with van der Waals surface area (Å²) in [5.74, 6) is 0.435. The van der Waals surface area contributed by atoms with E-state index in [-0.39, 0.29) is 5.91 Å². The van der Waals surface area contributed by atoms with Crippen molar-refractivity contribution in [2.75, 3.05) is 12.4 Å². The highest BCUT2D eigenvalue weighted by Crippen LogP contribution is 2.28. The number of benzene rings is 3. The summed E-state index contributed by atoms with van der Waals surface area (Å²) in [7, 11) is 1.62. The van der Waals surface area contributed by atoms with Gasteiger partial charge in [-0.2, -0.15) is 5.10 Å². The number of hydrogen-bond acceptors (Lipinski definition) is 6. The van der Waals surface area contributed by atoms with Gasteiger partial charge in [0.2, 0.25) is 0 Å². The molecule has 0 aliphatic rings. The van der Waals surface area contributed by atoms with Crippen molar-refractivity contribution in [1.82, 2.24) is 10.4 Å². The maximum Gasteiger partial charge on any atom is 0.271 e. The zero-order valence-corrected chi connectivity index (χ0v) is 23.4. The summed E-state index contributed by atoms with van der Waals surface area (Å²) in [6.07, 6.45) is 1.59. The third-order valence-corrected chi connectivity index (χ3v) is 7.04. The first-order valence-electron chi connectivity index (χ1n) is 10.2. The van der Waals surface area contributed by atoms with Crippen molar-refractivity contribution in [3.05, 3.63) is 89.9 Å². The van der Waals surface area contributed by atoms with Crippen molar-refractivity contribution in [2.24, 2.45) is 5.10 Å². The molecule has 0 saturated heterocycles. The van der Waals surface area contributed by atoms with Gasteiger partial charge >= 0.3 is 0 Å². The second-order valence-corrected chi connectivity index (χ2v) is 10.6. The number of anilines is 2. The predicted molar refractivity (Wildman–Crippen MR) is 155 cm³/mol. The van der Waals surface area contributed by atoms with Gasteiger partial charge in [-0.05, 0) is 88.5 Å². The van der Waals surface area contributed by atoms with E-state index >= 15 is 0 Å². The maximum atomic E-state index is 12.5. The minimum atomic E-state index is -0.290. The first-order valence-corrected chi connectivity index (χ1v) is 13.2. The van der Waals surface area contributed by atoms with E-state index in [9.17, 15) is 4.79 Å². The summed E-state index contributed by atoms with van der Waals surface area (Å²) in [6, 6.07) is 19.4. The molecule has 0 saturated carbocycles. The number of carbonyl (C=O) groups excluding carboxylic acids is 1. The molecule has 6 nitrogen and oxygen atoms in total. The van der Waals surface area contributed by atoms with Crippen LogP contribution in [-0.2, 0) is 0 Å². The minimum Gasteiger partial charge on any atom is -0.495 e. The number of thiazole rings is 1. The van der Waals surface area contributed by atoms with Crippen molar-refractivity contribution in [1.29, 1.82) is 0 Å². The molecule has 1 aromatic heterocycles. The molecule has 0 spiro atoms. The van der Waals surface area contributed by atoms with Gasteiger partial charge in [0.05, 0.1) is 22.6 Å². The Morgan fingerprint density at radius 3 is 2.53 bits per heavy atom. The van der Waals surface area contributed by atoms with Crippen LogP contribution in [0, 0.1) is 14.1 Å². The zero-order chi connectivity index (χ0) is 24.1. The number of hydrazone groups is 1. The Hall–Kier alpha value is -2.51. The molecule has 9 heteroatoms. The minimum absolute atomic E-state index is 0.290. The summed E-state index contributed by atoms with van der Waals surface area (Å²) < 4.78 is 7.49. The number of aromatic nitrogens is 1. The molecule has 0 radical (unpaired) electrons. The Balaban J connectivity index is 1.40. The van der Waals surface area contributed by atoms with Gasteiger partial charge in [-0.25, -0.2) is 10.4 Å². The molecule has 0 fully saturated rings. The van der Waals surface area contributed by atoms with Gasteiger partial charge in [-0.3, -0.25) is 4.79 Å². The predicted octanol–water partition coefficient (Wildman–Crippen LogP) is 6.84. The molecule has 0 aliphatic heterocycles. The normalized spacial score (nSPS) is 10.9. The highest BCUT2D eigenvalue weighted by Gasteiger charge is 2.10. The van der Waals surface area contributed by atoms with Crippen LogP contribution in [0.15, 0.2) is 71.1 Å². The first-order chi connectivity index (χ1) is 16.4. The van der Waals surface area contributed by atoms with Gasteiger partial charge in [0.15, 0.2) is 5.13 Å². The molecular weight excluding hydrogens is 674 g/mol. The number of methoxy groups -OCH3 is 1. The molecule has 0 atom stereocenters. The van der Waals surface area contributed by atoms with Crippen LogP contribution in [0.2, 0.25) is 0 Å². The number of rotatable bonds is 7. The van der Waals surface area contributed by atoms with E-state index in [1.165, 1.54) is 16.9 Å². The number of hydrogen-bond donors (Lipinski definition) is 2. The standard InChI is InChI=1S/C25H20I2N4O2S/c1-15-3-9-20(10-4-15)29-25-30-22(14-34-25)16-5-7-17(8-6-16)24(32)31-28-13-18-11-19(26)12-21(27)23(18)33-2/h3-14H,1-2H3,(H,29,30)(H,31,32)/b28-13-. The van der Waals surface area contributed by atoms with Gasteiger partial charge in [0.1, 0.15) is 5.75 Å². The van der Waals surface area contributed by atoms with Crippen molar-refractivity contribution in [3.8, 4) is 17.0 Å². The van der Waals surface area contributed by atoms with E-state index in [0.717, 1.165) is 40.5 Å². The average molecular weight is 694 g/mol. The second kappa shape index (κ2) is 11.3. The van der Waals surface area contributed by atoms with Crippen molar-refractivity contribution >= 4 is 79.5 Å². The molecule has 0 bridgehead atoms. The van der Waals surface area contributed by atoms with Crippen LogP contribution in [0.5, 0.6) is 5.75 Å². The summed E-state index contributed by atoms with van der Waals surface area (Å²) in [5.41, 5.74) is 7.89. The Bertz CT molecular complexity index is 1340. The monoisotopic (exact) mass is 694 g/mol. The Morgan fingerprint density at radius 2 is 1.82 bits per heavy atom. The first kappa shape index (κ1) is 24.6. The summed E-state index contributed by atoms with van der Waals surface area (Å²) in [6.45, 7) is 2.06. The molecular formula is C25H20I2N4O2S. The average Bonchev–Trinajstić information content (AvgIpc) is 3.29. The molecule has 1 heterocycles. The highest BCUT2D eigenvalue weighted by molar-refractivity contribution is 14.1. The maximum absolute atomic E-state index is 12.5. The zero-order valence-electron chi connectivity index (χ0n) is 18.3. The third-order valence-electron chi connectivity index (χ3n) is 4.86. The SMILES string of the molecule is COc1c(I)cc(I)cc1/C=N\NC(=O)c1ccc(-c2csc(Nc3ccc(C)cc3)n2)cc1. The lowest BCUT2D eigenvalue weighted by Gasteiger charge is -2.08. The highest BCUT2D eigenvalue weighted by atomic mass is 127. The topological polar surface area (TPSA) is 75.6 Å². The van der Waals surface area contributed by atoms with Gasteiger partial charge in [0.25, 0.3) is 5.91 Å². The fraction of sp³-hybridized carbons (Fsp3) is 0.0800. The van der Waals surface area contributed by atoms with Crippen LogP contribution in [0.4, 0.5) is 10.8 Å². The van der Waals surface area contributed by atoms with Crippen molar-refractivity contribution in [2.45, 2.75) is 6.92 Å². The fourth-order valence-electron chi connectivity index (χ4n) is 3.13. The number of ether oxygens (including phenoxy) is 1. The lowest BCUT2D eigenvalue weighted by Crippen LogP contribution is -2.17. The van der Waals surface area contributed by atoms with Gasteiger partial charge in [0, 0.05) is 31.3 Å². The van der Waals surface area contributed by atoms with Crippen LogP contribution in [0.25, 0.3) is 11.3 Å². The molecule has 0 unspecified atom stereocenters. The van der Waals surface area contributed by atoms with E-state index in [1.807, 2.05) is 41.8 Å². The lowest BCUT2D eigenvalue weighted by atomic mass is 10.1. The number of aryl methyl sites for hydroxylation is 1. The Labute approximate surface area is 229 Å². The molecule has 2 N–H and O–H groups in total. The van der Waals surface area contributed by atoms with Crippen LogP contribution in [-0.4, -0.2) is 24.2 Å². The number of nitrogens with one attached hydrogen (secondary N) is 2. The second-order valence-electron chi connectivity index (χ2n) is 7.32. The lowest BCUT2D eigenvalue weighted by molar-refractivity contribution is 0.0955. The molecule has 172 valence electrons. The quantitative estimate of drug-likeness (QED) is 0.126. The number of nitrogens with zero attached hydrogens (tertiary/aromatic N) is 2. The molecule has 4 aromatic rings. The molecule has 0 aliphatic carbocycles. The van der Waals surface area contributed by atoms with Crippen LogP contribution in [0.3, 0.4) is 0 Å². The van der Waals surface area contributed by atoms with Crippen molar-refractivity contribution in [3.63, 3.8) is 0 Å². The number of carbonyl (C=O) groups is 1. The molecule has 1 amide bonds. The molecule has 3 aromatic carbocycles. The van der Waals surface area contributed by atoms with Crippen LogP contribution >= 0.6 is 56.5 Å².